The van der Waals surface area contributed by atoms with Crippen LogP contribution in [0.1, 0.15) is 40.0 Å². The van der Waals surface area contributed by atoms with Crippen LogP contribution in [0.3, 0.4) is 0 Å². The Morgan fingerprint density at radius 3 is 2.75 bits per heavy atom. The van der Waals surface area contributed by atoms with Crippen molar-refractivity contribution < 1.29 is 0 Å². The van der Waals surface area contributed by atoms with Crippen molar-refractivity contribution in [1.29, 1.82) is 0 Å². The van der Waals surface area contributed by atoms with Gasteiger partial charge in [0.2, 0.25) is 0 Å². The molecule has 0 aromatic rings. The van der Waals surface area contributed by atoms with Crippen LogP contribution in [0.15, 0.2) is 0 Å². The van der Waals surface area contributed by atoms with E-state index in [1.807, 2.05) is 0 Å². The Morgan fingerprint density at radius 1 is 1.50 bits per heavy atom. The van der Waals surface area contributed by atoms with Crippen molar-refractivity contribution in [1.82, 2.24) is 4.90 Å². The topological polar surface area (TPSA) is 3.24 Å². The number of fused-ring (bicyclic) bond motifs is 1. The zero-order valence-corrected chi connectivity index (χ0v) is 8.59. The summed E-state index contributed by atoms with van der Waals surface area (Å²) < 4.78 is 0. The summed E-state index contributed by atoms with van der Waals surface area (Å²) in [5.41, 5.74) is 0. The molecule has 1 heteroatoms. The fourth-order valence-electron chi connectivity index (χ4n) is 3.05. The molecule has 0 amide bonds. The lowest BCUT2D eigenvalue weighted by molar-refractivity contribution is 0.204. The first-order chi connectivity index (χ1) is 5.75. The SMILES string of the molecule is CCCC(C)N1CCC2C1[C@H]2C. The molecule has 1 saturated carbocycles. The Balaban J connectivity index is 1.88. The van der Waals surface area contributed by atoms with Gasteiger partial charge < -0.3 is 0 Å². The summed E-state index contributed by atoms with van der Waals surface area (Å²) in [6.07, 6.45) is 4.19. The molecule has 4 atom stereocenters. The van der Waals surface area contributed by atoms with E-state index in [9.17, 15) is 0 Å². The molecule has 3 unspecified atom stereocenters. The van der Waals surface area contributed by atoms with E-state index in [4.69, 9.17) is 0 Å². The van der Waals surface area contributed by atoms with E-state index >= 15 is 0 Å². The Morgan fingerprint density at radius 2 is 2.25 bits per heavy atom. The van der Waals surface area contributed by atoms with Gasteiger partial charge in [0.15, 0.2) is 0 Å². The molecule has 0 aromatic heterocycles. The maximum atomic E-state index is 2.75. The average molecular weight is 167 g/mol. The molecule has 1 saturated heterocycles. The minimum atomic E-state index is 0.843. The fraction of sp³-hybridized carbons (Fsp3) is 1.00. The van der Waals surface area contributed by atoms with Crippen LogP contribution in [0.2, 0.25) is 0 Å². The van der Waals surface area contributed by atoms with E-state index in [0.717, 1.165) is 23.9 Å². The van der Waals surface area contributed by atoms with Gasteiger partial charge >= 0.3 is 0 Å². The second-order valence-corrected chi connectivity index (χ2v) is 4.68. The molecule has 0 bridgehead atoms. The molecule has 2 rings (SSSR count). The maximum absolute atomic E-state index is 2.75. The second-order valence-electron chi connectivity index (χ2n) is 4.68. The maximum Gasteiger partial charge on any atom is 0.0159 e. The van der Waals surface area contributed by atoms with E-state index in [1.165, 1.54) is 25.8 Å². The summed E-state index contributed by atoms with van der Waals surface area (Å²) in [4.78, 5) is 2.75. The van der Waals surface area contributed by atoms with Crippen LogP contribution >= 0.6 is 0 Å². The predicted molar refractivity (Wildman–Crippen MR) is 52.1 cm³/mol. The summed E-state index contributed by atoms with van der Waals surface area (Å²) >= 11 is 0. The number of likely N-dealkylation sites (tertiary alicyclic amines) is 1. The summed E-state index contributed by atoms with van der Waals surface area (Å²) in [7, 11) is 0. The Hall–Kier alpha value is -0.0400. The van der Waals surface area contributed by atoms with Gasteiger partial charge in [-0.05, 0) is 38.1 Å². The van der Waals surface area contributed by atoms with Crippen LogP contribution in [-0.4, -0.2) is 23.5 Å². The molecule has 0 spiro atoms. The summed E-state index contributed by atoms with van der Waals surface area (Å²) in [5.74, 6) is 2.09. The van der Waals surface area contributed by atoms with E-state index in [-0.39, 0.29) is 0 Å². The minimum absolute atomic E-state index is 0.843. The van der Waals surface area contributed by atoms with Crippen LogP contribution in [0, 0.1) is 11.8 Å². The molecule has 1 aliphatic carbocycles. The molecule has 0 aromatic carbocycles. The minimum Gasteiger partial charge on any atom is -0.297 e. The highest BCUT2D eigenvalue weighted by Crippen LogP contribution is 2.51. The highest BCUT2D eigenvalue weighted by Gasteiger charge is 2.54. The second kappa shape index (κ2) is 3.02. The van der Waals surface area contributed by atoms with E-state index in [1.54, 1.807) is 0 Å². The first-order valence-electron chi connectivity index (χ1n) is 5.51. The van der Waals surface area contributed by atoms with Gasteiger partial charge in [-0.25, -0.2) is 0 Å². The molecule has 2 fully saturated rings. The molecule has 70 valence electrons. The third kappa shape index (κ3) is 1.19. The van der Waals surface area contributed by atoms with Crippen LogP contribution in [-0.2, 0) is 0 Å². The van der Waals surface area contributed by atoms with Gasteiger partial charge in [0, 0.05) is 12.1 Å². The Bertz CT molecular complexity index is 166. The highest BCUT2D eigenvalue weighted by atomic mass is 15.3. The van der Waals surface area contributed by atoms with Crippen molar-refractivity contribution in [2.75, 3.05) is 6.54 Å². The molecule has 1 aliphatic heterocycles. The Kier molecular flexibility index (Phi) is 2.16. The van der Waals surface area contributed by atoms with Gasteiger partial charge in [0.1, 0.15) is 0 Å². The molecule has 12 heavy (non-hydrogen) atoms. The molecule has 0 N–H and O–H groups in total. The van der Waals surface area contributed by atoms with Crippen LogP contribution in [0.4, 0.5) is 0 Å². The van der Waals surface area contributed by atoms with Crippen LogP contribution < -0.4 is 0 Å². The third-order valence-electron chi connectivity index (χ3n) is 3.89. The zero-order valence-electron chi connectivity index (χ0n) is 8.59. The lowest BCUT2D eigenvalue weighted by Gasteiger charge is -2.26. The quantitative estimate of drug-likeness (QED) is 0.624. The molecule has 1 heterocycles. The lowest BCUT2D eigenvalue weighted by atomic mass is 10.1. The molecular weight excluding hydrogens is 146 g/mol. The Labute approximate surface area is 76.1 Å². The van der Waals surface area contributed by atoms with Crippen LogP contribution in [0.25, 0.3) is 0 Å². The van der Waals surface area contributed by atoms with Crippen LogP contribution in [0.5, 0.6) is 0 Å². The summed E-state index contributed by atoms with van der Waals surface area (Å²) in [6, 6.07) is 1.82. The number of rotatable bonds is 3. The highest BCUT2D eigenvalue weighted by molar-refractivity contribution is 5.07. The summed E-state index contributed by atoms with van der Waals surface area (Å²) in [5, 5.41) is 0. The monoisotopic (exact) mass is 167 g/mol. The standard InChI is InChI=1S/C11H21N/c1-4-5-8(2)12-7-6-10-9(3)11(10)12/h8-11H,4-7H2,1-3H3/t8?,9-,10?,11?/m0/s1. The fourth-order valence-corrected chi connectivity index (χ4v) is 3.05. The third-order valence-corrected chi connectivity index (χ3v) is 3.89. The number of piperidine rings is 1. The molecule has 2 aliphatic rings. The number of hydrogen-bond acceptors (Lipinski definition) is 1. The van der Waals surface area contributed by atoms with Crippen molar-refractivity contribution in [3.63, 3.8) is 0 Å². The first-order valence-corrected chi connectivity index (χ1v) is 5.51. The summed E-state index contributed by atoms with van der Waals surface area (Å²) in [6.45, 7) is 8.48. The number of hydrogen-bond donors (Lipinski definition) is 0. The molecule has 0 radical (unpaired) electrons. The van der Waals surface area contributed by atoms with Gasteiger partial charge in [-0.2, -0.15) is 0 Å². The lowest BCUT2D eigenvalue weighted by Crippen LogP contribution is -2.33. The van der Waals surface area contributed by atoms with Gasteiger partial charge in [-0.1, -0.05) is 20.3 Å². The van der Waals surface area contributed by atoms with Gasteiger partial charge in [-0.3, -0.25) is 4.90 Å². The predicted octanol–water partition coefficient (Wildman–Crippen LogP) is 2.52. The van der Waals surface area contributed by atoms with E-state index in [2.05, 4.69) is 25.7 Å². The van der Waals surface area contributed by atoms with Gasteiger partial charge in [-0.15, -0.1) is 0 Å². The van der Waals surface area contributed by atoms with Crippen molar-refractivity contribution in [2.45, 2.75) is 52.1 Å². The molecular formula is C11H21N. The normalized spacial score (nSPS) is 42.8. The van der Waals surface area contributed by atoms with Crippen molar-refractivity contribution in [3.05, 3.63) is 0 Å². The largest absolute Gasteiger partial charge is 0.297 e. The van der Waals surface area contributed by atoms with E-state index < -0.39 is 0 Å². The number of nitrogens with zero attached hydrogens (tertiary/aromatic N) is 1. The average Bonchev–Trinajstić information content (AvgIpc) is 2.53. The molecule has 1 nitrogen and oxygen atoms in total. The zero-order chi connectivity index (χ0) is 8.72. The van der Waals surface area contributed by atoms with Gasteiger partial charge in [0.25, 0.3) is 0 Å². The van der Waals surface area contributed by atoms with Crippen molar-refractivity contribution >= 4 is 0 Å². The first kappa shape index (κ1) is 8.55. The smallest absolute Gasteiger partial charge is 0.0159 e. The van der Waals surface area contributed by atoms with Crippen molar-refractivity contribution in [3.8, 4) is 0 Å². The van der Waals surface area contributed by atoms with Crippen molar-refractivity contribution in [2.24, 2.45) is 11.8 Å². The van der Waals surface area contributed by atoms with E-state index in [0.29, 0.717) is 0 Å². The van der Waals surface area contributed by atoms with Gasteiger partial charge in [0.05, 0.1) is 0 Å².